The van der Waals surface area contributed by atoms with Gasteiger partial charge in [0, 0.05) is 37.8 Å². The summed E-state index contributed by atoms with van der Waals surface area (Å²) in [7, 11) is 0. The summed E-state index contributed by atoms with van der Waals surface area (Å²) in [4.78, 5) is 17.2. The fraction of sp³-hybridized carbons (Fsp3) is 0.500. The maximum Gasteiger partial charge on any atom is 0.234 e. The van der Waals surface area contributed by atoms with Crippen LogP contribution in [-0.2, 0) is 11.2 Å². The highest BCUT2D eigenvalue weighted by atomic mass is 19.1. The van der Waals surface area contributed by atoms with Gasteiger partial charge >= 0.3 is 0 Å². The standard InChI is InChI=1S/C12H16FN3O/c13-9-7-11(12(14)17)16(8-9)6-4-10-3-1-2-5-15-10/h1-3,5,9,11H,4,6-8H2,(H2,14,17)/t9-,11+/m1/s1. The molecule has 0 saturated carbocycles. The fourth-order valence-electron chi connectivity index (χ4n) is 2.19. The Morgan fingerprint density at radius 3 is 3.06 bits per heavy atom. The summed E-state index contributed by atoms with van der Waals surface area (Å²) in [6.07, 6.45) is 1.70. The van der Waals surface area contributed by atoms with Gasteiger partial charge in [0.25, 0.3) is 0 Å². The van der Waals surface area contributed by atoms with Crippen LogP contribution in [-0.4, -0.2) is 41.1 Å². The lowest BCUT2D eigenvalue weighted by molar-refractivity contribution is -0.122. The minimum absolute atomic E-state index is 0.220. The van der Waals surface area contributed by atoms with Gasteiger partial charge < -0.3 is 5.73 Å². The van der Waals surface area contributed by atoms with Crippen molar-refractivity contribution in [2.24, 2.45) is 5.73 Å². The molecule has 4 nitrogen and oxygen atoms in total. The number of alkyl halides is 1. The molecule has 2 heterocycles. The summed E-state index contributed by atoms with van der Waals surface area (Å²) in [5, 5.41) is 0. The number of likely N-dealkylation sites (tertiary alicyclic amines) is 1. The average Bonchev–Trinajstić information content (AvgIpc) is 2.69. The van der Waals surface area contributed by atoms with E-state index in [4.69, 9.17) is 5.73 Å². The molecule has 1 amide bonds. The van der Waals surface area contributed by atoms with Gasteiger partial charge in [0.1, 0.15) is 6.17 Å². The summed E-state index contributed by atoms with van der Waals surface area (Å²) in [6.45, 7) is 0.908. The van der Waals surface area contributed by atoms with Crippen molar-refractivity contribution in [3.05, 3.63) is 30.1 Å². The molecule has 1 fully saturated rings. The van der Waals surface area contributed by atoms with Crippen LogP contribution in [0, 0.1) is 0 Å². The second kappa shape index (κ2) is 5.23. The van der Waals surface area contributed by atoms with Crippen molar-refractivity contribution >= 4 is 5.91 Å². The van der Waals surface area contributed by atoms with Gasteiger partial charge in [0.15, 0.2) is 0 Å². The van der Waals surface area contributed by atoms with Crippen LogP contribution in [0.3, 0.4) is 0 Å². The molecule has 1 aliphatic rings. The maximum atomic E-state index is 13.2. The van der Waals surface area contributed by atoms with Crippen LogP contribution in [0.1, 0.15) is 12.1 Å². The average molecular weight is 237 g/mol. The molecule has 1 aromatic rings. The van der Waals surface area contributed by atoms with Crippen LogP contribution in [0.4, 0.5) is 4.39 Å². The molecular weight excluding hydrogens is 221 g/mol. The summed E-state index contributed by atoms with van der Waals surface area (Å²) < 4.78 is 13.2. The van der Waals surface area contributed by atoms with Crippen molar-refractivity contribution in [2.75, 3.05) is 13.1 Å². The zero-order valence-electron chi connectivity index (χ0n) is 9.55. The minimum Gasteiger partial charge on any atom is -0.368 e. The first-order valence-electron chi connectivity index (χ1n) is 5.74. The summed E-state index contributed by atoms with van der Waals surface area (Å²) in [6, 6.07) is 5.22. The van der Waals surface area contributed by atoms with E-state index in [1.807, 2.05) is 23.1 Å². The number of nitrogens with two attached hydrogens (primary N) is 1. The molecule has 0 unspecified atom stereocenters. The molecule has 0 aromatic carbocycles. The summed E-state index contributed by atoms with van der Waals surface area (Å²) in [5.74, 6) is -0.439. The summed E-state index contributed by atoms with van der Waals surface area (Å²) in [5.41, 5.74) is 6.20. The SMILES string of the molecule is NC(=O)[C@@H]1C[C@@H](F)CN1CCc1ccccn1. The van der Waals surface area contributed by atoms with Crippen LogP contribution in [0.2, 0.25) is 0 Å². The second-order valence-electron chi connectivity index (χ2n) is 4.32. The Morgan fingerprint density at radius 1 is 1.59 bits per heavy atom. The fourth-order valence-corrected chi connectivity index (χ4v) is 2.19. The third kappa shape index (κ3) is 3.00. The molecule has 1 aliphatic heterocycles. The largest absolute Gasteiger partial charge is 0.368 e. The van der Waals surface area contributed by atoms with Crippen LogP contribution < -0.4 is 5.73 Å². The van der Waals surface area contributed by atoms with E-state index in [2.05, 4.69) is 4.98 Å². The molecule has 92 valence electrons. The summed E-state index contributed by atoms with van der Waals surface area (Å²) >= 11 is 0. The number of nitrogens with zero attached hydrogens (tertiary/aromatic N) is 2. The highest BCUT2D eigenvalue weighted by molar-refractivity contribution is 5.80. The van der Waals surface area contributed by atoms with Crippen molar-refractivity contribution in [3.63, 3.8) is 0 Å². The van der Waals surface area contributed by atoms with Gasteiger partial charge in [-0.1, -0.05) is 6.07 Å². The third-order valence-electron chi connectivity index (χ3n) is 3.06. The molecule has 5 heteroatoms. The maximum absolute atomic E-state index is 13.2. The van der Waals surface area contributed by atoms with E-state index in [0.29, 0.717) is 19.5 Å². The molecule has 1 saturated heterocycles. The number of aromatic nitrogens is 1. The third-order valence-corrected chi connectivity index (χ3v) is 3.06. The first kappa shape index (κ1) is 12.0. The van der Waals surface area contributed by atoms with Gasteiger partial charge in [-0.05, 0) is 12.1 Å². The Kier molecular flexibility index (Phi) is 3.68. The molecule has 2 rings (SSSR count). The van der Waals surface area contributed by atoms with Crippen molar-refractivity contribution in [2.45, 2.75) is 25.1 Å². The Balaban J connectivity index is 1.92. The normalized spacial score (nSPS) is 25.0. The van der Waals surface area contributed by atoms with Crippen LogP contribution in [0.5, 0.6) is 0 Å². The molecule has 0 spiro atoms. The van der Waals surface area contributed by atoms with Gasteiger partial charge in [-0.2, -0.15) is 0 Å². The van der Waals surface area contributed by atoms with E-state index in [9.17, 15) is 9.18 Å². The van der Waals surface area contributed by atoms with E-state index in [1.165, 1.54) is 0 Å². The Hall–Kier alpha value is -1.49. The highest BCUT2D eigenvalue weighted by Gasteiger charge is 2.35. The Labute approximate surface area is 99.6 Å². The molecule has 0 bridgehead atoms. The van der Waals surface area contributed by atoms with Crippen molar-refractivity contribution < 1.29 is 9.18 Å². The van der Waals surface area contributed by atoms with E-state index in [1.54, 1.807) is 6.20 Å². The first-order chi connectivity index (χ1) is 8.16. The lowest BCUT2D eigenvalue weighted by atomic mass is 10.2. The van der Waals surface area contributed by atoms with Crippen molar-refractivity contribution in [1.29, 1.82) is 0 Å². The predicted molar refractivity (Wildman–Crippen MR) is 62.0 cm³/mol. The monoisotopic (exact) mass is 237 g/mol. The first-order valence-corrected chi connectivity index (χ1v) is 5.74. The molecular formula is C12H16FN3O. The predicted octanol–water partition coefficient (Wildman–Crippen LogP) is 0.522. The number of rotatable bonds is 4. The van der Waals surface area contributed by atoms with Crippen LogP contribution in [0.25, 0.3) is 0 Å². The lowest BCUT2D eigenvalue weighted by Gasteiger charge is -2.20. The highest BCUT2D eigenvalue weighted by Crippen LogP contribution is 2.20. The number of halogens is 1. The van der Waals surface area contributed by atoms with E-state index in [0.717, 1.165) is 5.69 Å². The zero-order valence-corrected chi connectivity index (χ0v) is 9.55. The minimum atomic E-state index is -0.948. The van der Waals surface area contributed by atoms with Crippen LogP contribution in [0.15, 0.2) is 24.4 Å². The molecule has 17 heavy (non-hydrogen) atoms. The van der Waals surface area contributed by atoms with Crippen molar-refractivity contribution in [1.82, 2.24) is 9.88 Å². The van der Waals surface area contributed by atoms with Gasteiger partial charge in [-0.15, -0.1) is 0 Å². The number of carbonyl (C=O) groups is 1. The molecule has 2 N–H and O–H groups in total. The van der Waals surface area contributed by atoms with Gasteiger partial charge in [-0.3, -0.25) is 14.7 Å². The molecule has 0 aliphatic carbocycles. The quantitative estimate of drug-likeness (QED) is 0.830. The zero-order chi connectivity index (χ0) is 12.3. The number of hydrogen-bond acceptors (Lipinski definition) is 3. The number of amides is 1. The van der Waals surface area contributed by atoms with Gasteiger partial charge in [0.05, 0.1) is 6.04 Å². The number of hydrogen-bond donors (Lipinski definition) is 1. The molecule has 1 aromatic heterocycles. The van der Waals surface area contributed by atoms with E-state index < -0.39 is 18.1 Å². The van der Waals surface area contributed by atoms with Crippen molar-refractivity contribution in [3.8, 4) is 0 Å². The van der Waals surface area contributed by atoms with E-state index >= 15 is 0 Å². The number of carbonyl (C=O) groups excluding carboxylic acids is 1. The Morgan fingerprint density at radius 2 is 2.41 bits per heavy atom. The molecule has 0 radical (unpaired) electrons. The van der Waals surface area contributed by atoms with Gasteiger partial charge in [0.2, 0.25) is 5.91 Å². The number of pyridine rings is 1. The van der Waals surface area contributed by atoms with E-state index in [-0.39, 0.29) is 6.42 Å². The van der Waals surface area contributed by atoms with Crippen LogP contribution >= 0.6 is 0 Å². The second-order valence-corrected chi connectivity index (χ2v) is 4.32. The van der Waals surface area contributed by atoms with Gasteiger partial charge in [-0.25, -0.2) is 4.39 Å². The number of primary amides is 1. The topological polar surface area (TPSA) is 59.2 Å². The smallest absolute Gasteiger partial charge is 0.234 e. The lowest BCUT2D eigenvalue weighted by Crippen LogP contribution is -2.41. The Bertz CT molecular complexity index is 385. The molecule has 2 atom stereocenters.